The van der Waals surface area contributed by atoms with E-state index in [1.165, 1.54) is 7.11 Å². The van der Waals surface area contributed by atoms with Gasteiger partial charge in [0, 0.05) is 5.56 Å². The Morgan fingerprint density at radius 1 is 1.22 bits per heavy atom. The summed E-state index contributed by atoms with van der Waals surface area (Å²) < 4.78 is 42.4. The molecule has 1 aromatic carbocycles. The molecule has 0 amide bonds. The van der Waals surface area contributed by atoms with E-state index in [9.17, 15) is 13.6 Å². The second-order valence-electron chi connectivity index (χ2n) is 4.28. The number of hydrogen-bond donors (Lipinski definition) is 0. The van der Waals surface area contributed by atoms with Crippen molar-refractivity contribution in [2.45, 2.75) is 6.92 Å². The number of carbonyl (C=O) groups is 1. The SMILES string of the molecule is COC(=O)c1c(Oc2ccc(F)c(F)c2OC)nnc(I)c1C. The Labute approximate surface area is 143 Å². The lowest BCUT2D eigenvalue weighted by molar-refractivity contribution is 0.0595. The van der Waals surface area contributed by atoms with E-state index in [0.29, 0.717) is 9.26 Å². The third-order valence-electron chi connectivity index (χ3n) is 2.94. The highest BCUT2D eigenvalue weighted by Gasteiger charge is 2.24. The van der Waals surface area contributed by atoms with Crippen LogP contribution in [0.15, 0.2) is 12.1 Å². The molecule has 0 aliphatic heterocycles. The lowest BCUT2D eigenvalue weighted by Gasteiger charge is -2.13. The van der Waals surface area contributed by atoms with Gasteiger partial charge in [-0.05, 0) is 41.6 Å². The second-order valence-corrected chi connectivity index (χ2v) is 5.30. The fourth-order valence-electron chi connectivity index (χ4n) is 1.78. The summed E-state index contributed by atoms with van der Waals surface area (Å²) >= 11 is 1.90. The van der Waals surface area contributed by atoms with Crippen LogP contribution in [0.25, 0.3) is 0 Å². The third-order valence-corrected chi connectivity index (χ3v) is 3.97. The van der Waals surface area contributed by atoms with Gasteiger partial charge in [0.05, 0.1) is 14.2 Å². The minimum Gasteiger partial charge on any atom is -0.490 e. The predicted octanol–water partition coefficient (Wildman–Crippen LogP) is 3.26. The number of nitrogens with zero attached hydrogens (tertiary/aromatic N) is 2. The molecule has 0 radical (unpaired) electrons. The van der Waals surface area contributed by atoms with Crippen molar-refractivity contribution in [1.29, 1.82) is 0 Å². The first-order valence-corrected chi connectivity index (χ1v) is 7.29. The Hall–Kier alpha value is -2.04. The molecule has 9 heteroatoms. The normalized spacial score (nSPS) is 10.3. The van der Waals surface area contributed by atoms with Crippen molar-refractivity contribution in [2.75, 3.05) is 14.2 Å². The number of hydrogen-bond acceptors (Lipinski definition) is 6. The zero-order valence-electron chi connectivity index (χ0n) is 12.3. The highest BCUT2D eigenvalue weighted by atomic mass is 127. The van der Waals surface area contributed by atoms with Crippen molar-refractivity contribution in [3.8, 4) is 17.4 Å². The summed E-state index contributed by atoms with van der Waals surface area (Å²) in [5.74, 6) is -3.77. The molecule has 0 saturated carbocycles. The molecule has 6 nitrogen and oxygen atoms in total. The number of ether oxygens (including phenoxy) is 3. The zero-order valence-corrected chi connectivity index (χ0v) is 14.5. The number of esters is 1. The minimum absolute atomic E-state index is 0.0405. The van der Waals surface area contributed by atoms with E-state index in [-0.39, 0.29) is 17.2 Å². The third kappa shape index (κ3) is 3.33. The van der Waals surface area contributed by atoms with Crippen molar-refractivity contribution in [3.63, 3.8) is 0 Å². The van der Waals surface area contributed by atoms with Crippen LogP contribution in [0.5, 0.6) is 17.4 Å². The van der Waals surface area contributed by atoms with Crippen molar-refractivity contribution < 1.29 is 27.8 Å². The van der Waals surface area contributed by atoms with E-state index in [1.807, 2.05) is 22.6 Å². The quantitative estimate of drug-likeness (QED) is 0.542. The van der Waals surface area contributed by atoms with Crippen molar-refractivity contribution in [3.05, 3.63) is 38.6 Å². The van der Waals surface area contributed by atoms with Gasteiger partial charge in [-0.25, -0.2) is 9.18 Å². The first kappa shape index (κ1) is 17.3. The summed E-state index contributed by atoms with van der Waals surface area (Å²) in [5.41, 5.74) is 0.530. The van der Waals surface area contributed by atoms with Crippen LogP contribution in [-0.4, -0.2) is 30.4 Å². The largest absolute Gasteiger partial charge is 0.490 e. The monoisotopic (exact) mass is 436 g/mol. The van der Waals surface area contributed by atoms with Crippen LogP contribution in [0, 0.1) is 22.3 Å². The number of methoxy groups -OCH3 is 2. The van der Waals surface area contributed by atoms with Crippen LogP contribution in [0.4, 0.5) is 8.78 Å². The van der Waals surface area contributed by atoms with Gasteiger partial charge in [-0.1, -0.05) is 0 Å². The minimum atomic E-state index is -1.21. The molecule has 0 saturated heterocycles. The Bertz CT molecular complexity index is 771. The molecule has 0 atom stereocenters. The summed E-state index contributed by atoms with van der Waals surface area (Å²) in [4.78, 5) is 11.9. The zero-order chi connectivity index (χ0) is 17.1. The van der Waals surface area contributed by atoms with Gasteiger partial charge in [0.25, 0.3) is 5.88 Å². The van der Waals surface area contributed by atoms with Crippen LogP contribution in [0.3, 0.4) is 0 Å². The van der Waals surface area contributed by atoms with Gasteiger partial charge < -0.3 is 14.2 Å². The number of benzene rings is 1. The molecule has 1 heterocycles. The number of rotatable bonds is 4. The maximum Gasteiger partial charge on any atom is 0.343 e. The van der Waals surface area contributed by atoms with Crippen molar-refractivity contribution in [2.24, 2.45) is 0 Å². The van der Waals surface area contributed by atoms with E-state index in [4.69, 9.17) is 14.2 Å². The second kappa shape index (κ2) is 7.02. The molecule has 2 rings (SSSR count). The molecule has 2 aromatic rings. The molecular formula is C14H11F2IN2O4. The van der Waals surface area contributed by atoms with E-state index in [2.05, 4.69) is 10.2 Å². The molecule has 0 bridgehead atoms. The molecule has 0 N–H and O–H groups in total. The smallest absolute Gasteiger partial charge is 0.343 e. The standard InChI is InChI=1S/C14H11F2IN2O4/c1-6-9(14(20)22-3)13(19-18-12(6)17)23-8-5-4-7(15)10(16)11(8)21-2/h4-5H,1-3H3. The summed E-state index contributed by atoms with van der Waals surface area (Å²) in [6, 6.07) is 2.03. The van der Waals surface area contributed by atoms with Crippen LogP contribution in [0.1, 0.15) is 15.9 Å². The Kier molecular flexibility index (Phi) is 5.29. The predicted molar refractivity (Wildman–Crippen MR) is 83.8 cm³/mol. The summed E-state index contributed by atoms with van der Waals surface area (Å²) in [7, 11) is 2.37. The van der Waals surface area contributed by atoms with Gasteiger partial charge in [0.2, 0.25) is 11.6 Å². The molecule has 0 unspecified atom stereocenters. The maximum absolute atomic E-state index is 13.7. The summed E-state index contributed by atoms with van der Waals surface area (Å²) in [5, 5.41) is 7.62. The Morgan fingerprint density at radius 3 is 2.52 bits per heavy atom. The number of halogens is 3. The molecule has 23 heavy (non-hydrogen) atoms. The Balaban J connectivity index is 2.56. The lowest BCUT2D eigenvalue weighted by atomic mass is 10.2. The van der Waals surface area contributed by atoms with Crippen LogP contribution >= 0.6 is 22.6 Å². The van der Waals surface area contributed by atoms with Gasteiger partial charge in [-0.15, -0.1) is 10.2 Å². The van der Waals surface area contributed by atoms with Crippen LogP contribution in [0.2, 0.25) is 0 Å². The van der Waals surface area contributed by atoms with E-state index in [0.717, 1.165) is 19.2 Å². The van der Waals surface area contributed by atoms with E-state index < -0.39 is 23.4 Å². The number of aromatic nitrogens is 2. The van der Waals surface area contributed by atoms with Gasteiger partial charge >= 0.3 is 5.97 Å². The molecule has 1 aromatic heterocycles. The first-order valence-electron chi connectivity index (χ1n) is 6.21. The highest BCUT2D eigenvalue weighted by molar-refractivity contribution is 14.1. The van der Waals surface area contributed by atoms with E-state index in [1.54, 1.807) is 6.92 Å². The Morgan fingerprint density at radius 2 is 1.91 bits per heavy atom. The van der Waals surface area contributed by atoms with Gasteiger partial charge in [0.1, 0.15) is 9.26 Å². The molecular weight excluding hydrogens is 425 g/mol. The van der Waals surface area contributed by atoms with Crippen LogP contribution in [-0.2, 0) is 4.74 Å². The average Bonchev–Trinajstić information content (AvgIpc) is 2.54. The lowest BCUT2D eigenvalue weighted by Crippen LogP contribution is -2.11. The molecule has 0 spiro atoms. The van der Waals surface area contributed by atoms with Gasteiger partial charge in [-0.3, -0.25) is 0 Å². The van der Waals surface area contributed by atoms with Gasteiger partial charge in [-0.2, -0.15) is 4.39 Å². The maximum atomic E-state index is 13.7. The van der Waals surface area contributed by atoms with Gasteiger partial charge in [0.15, 0.2) is 11.6 Å². The van der Waals surface area contributed by atoms with Crippen molar-refractivity contribution >= 4 is 28.6 Å². The highest BCUT2D eigenvalue weighted by Crippen LogP contribution is 2.36. The molecule has 0 fully saturated rings. The summed E-state index contributed by atoms with van der Waals surface area (Å²) in [6.07, 6.45) is 0. The molecule has 122 valence electrons. The molecule has 0 aliphatic carbocycles. The average molecular weight is 436 g/mol. The fourth-order valence-corrected chi connectivity index (χ4v) is 2.16. The van der Waals surface area contributed by atoms with Crippen molar-refractivity contribution in [1.82, 2.24) is 10.2 Å². The first-order chi connectivity index (χ1) is 10.9. The topological polar surface area (TPSA) is 70.5 Å². The fraction of sp³-hybridized carbons (Fsp3) is 0.214. The summed E-state index contributed by atoms with van der Waals surface area (Å²) in [6.45, 7) is 1.64. The van der Waals surface area contributed by atoms with E-state index >= 15 is 0 Å². The van der Waals surface area contributed by atoms with Crippen LogP contribution < -0.4 is 9.47 Å². The molecule has 0 aliphatic rings. The number of carbonyl (C=O) groups excluding carboxylic acids is 1.